The van der Waals surface area contributed by atoms with Gasteiger partial charge in [0.25, 0.3) is 0 Å². The Morgan fingerprint density at radius 1 is 0.853 bits per heavy atom. The van der Waals surface area contributed by atoms with E-state index in [9.17, 15) is 0 Å². The van der Waals surface area contributed by atoms with E-state index in [0.717, 1.165) is 44.5 Å². The Bertz CT molecular complexity index is 1270. The number of fused-ring (bicyclic) bond motifs is 1. The van der Waals surface area contributed by atoms with E-state index in [1.165, 1.54) is 0 Å². The number of hydrogen-bond donors (Lipinski definition) is 0. The third-order valence-corrected chi connectivity index (χ3v) is 5.96. The summed E-state index contributed by atoms with van der Waals surface area (Å²) >= 11 is 6.10. The Morgan fingerprint density at radius 2 is 1.65 bits per heavy atom. The van der Waals surface area contributed by atoms with Crippen LogP contribution in [0, 0.1) is 5.41 Å². The van der Waals surface area contributed by atoms with Gasteiger partial charge in [0.2, 0.25) is 0 Å². The highest BCUT2D eigenvalue weighted by Gasteiger charge is 2.18. The van der Waals surface area contributed by atoms with Crippen molar-refractivity contribution in [2.45, 2.75) is 13.8 Å². The Hall–Kier alpha value is -2.86. The van der Waals surface area contributed by atoms with Crippen molar-refractivity contribution in [3.63, 3.8) is 0 Å². The second kappa shape index (κ2) is 10.6. The molecule has 0 saturated carbocycles. The highest BCUT2D eigenvalue weighted by atomic mass is 35.5. The molecule has 0 fully saturated rings. The van der Waals surface area contributed by atoms with Gasteiger partial charge in [-0.05, 0) is 52.9 Å². The van der Waals surface area contributed by atoms with E-state index in [4.69, 9.17) is 30.7 Å². The molecule has 1 heterocycles. The van der Waals surface area contributed by atoms with E-state index in [0.29, 0.717) is 25.7 Å². The van der Waals surface area contributed by atoms with Crippen LogP contribution in [0.25, 0.3) is 33.3 Å². The molecule has 4 rings (SSSR count). The smallest absolute Gasteiger partial charge is 0.308 e. The summed E-state index contributed by atoms with van der Waals surface area (Å²) < 4.78 is 16.7. The average molecular weight is 474 g/mol. The van der Waals surface area contributed by atoms with Crippen LogP contribution in [-0.2, 0) is 9.39 Å². The Balaban J connectivity index is 1.62. The van der Waals surface area contributed by atoms with Crippen LogP contribution in [0.2, 0.25) is 5.02 Å². The molecule has 0 aliphatic rings. The topological polar surface area (TPSA) is 40.6 Å². The second-order valence-corrected chi connectivity index (χ2v) is 9.67. The second-order valence-electron chi connectivity index (χ2n) is 9.23. The normalized spacial score (nSPS) is 11.6. The maximum Gasteiger partial charge on any atom is 0.308 e. The Kier molecular flexibility index (Phi) is 7.57. The predicted octanol–water partition coefficient (Wildman–Crippen LogP) is 5.90. The number of halogens is 1. The molecule has 0 amide bonds. The van der Waals surface area contributed by atoms with Crippen molar-refractivity contribution < 1.29 is 14.1 Å². The van der Waals surface area contributed by atoms with Crippen molar-refractivity contribution in [3.05, 3.63) is 77.8 Å². The minimum atomic E-state index is -0.0133. The van der Waals surface area contributed by atoms with E-state index in [2.05, 4.69) is 50.2 Å². The number of ether oxygens (including phenoxy) is 2. The van der Waals surface area contributed by atoms with E-state index >= 15 is 0 Å². The van der Waals surface area contributed by atoms with Gasteiger partial charge in [-0.1, -0.05) is 67.3 Å². The molecule has 34 heavy (non-hydrogen) atoms. The summed E-state index contributed by atoms with van der Waals surface area (Å²) in [5.74, 6) is 0.790. The lowest BCUT2D eigenvalue weighted by Gasteiger charge is -2.23. The average Bonchev–Trinajstić information content (AvgIpc) is 2.83. The molecule has 0 spiro atoms. The molecule has 0 bridgehead atoms. The SMILES string of the molecule is COCC(C)(C)COBc1ccc2nc(-c3cc(OC)ccc3-c3ccc(Cl)cc3)ccc2c1. The quantitative estimate of drug-likeness (QED) is 0.284. The minimum Gasteiger partial charge on any atom is -0.497 e. The highest BCUT2D eigenvalue weighted by Crippen LogP contribution is 2.35. The summed E-state index contributed by atoms with van der Waals surface area (Å²) in [4.78, 5) is 4.97. The van der Waals surface area contributed by atoms with Crippen LogP contribution in [0.15, 0.2) is 72.8 Å². The van der Waals surface area contributed by atoms with Crippen molar-refractivity contribution in [1.82, 2.24) is 4.98 Å². The fourth-order valence-corrected chi connectivity index (χ4v) is 4.16. The van der Waals surface area contributed by atoms with Crippen molar-refractivity contribution in [2.24, 2.45) is 5.41 Å². The zero-order valence-electron chi connectivity index (χ0n) is 20.1. The maximum atomic E-state index is 6.10. The summed E-state index contributed by atoms with van der Waals surface area (Å²) in [6.45, 7) is 5.58. The minimum absolute atomic E-state index is 0.0133. The van der Waals surface area contributed by atoms with Crippen LogP contribution < -0.4 is 10.2 Å². The fraction of sp³-hybridized carbons (Fsp3) is 0.250. The molecule has 4 nitrogen and oxygen atoms in total. The van der Waals surface area contributed by atoms with Crippen LogP contribution in [0.3, 0.4) is 0 Å². The number of pyridine rings is 1. The lowest BCUT2D eigenvalue weighted by Crippen LogP contribution is -2.28. The van der Waals surface area contributed by atoms with Crippen molar-refractivity contribution in [1.29, 1.82) is 0 Å². The first kappa shape index (κ1) is 24.3. The van der Waals surface area contributed by atoms with Crippen molar-refractivity contribution >= 4 is 35.4 Å². The highest BCUT2D eigenvalue weighted by molar-refractivity contribution is 6.47. The van der Waals surface area contributed by atoms with Gasteiger partial charge in [0.1, 0.15) is 5.75 Å². The first-order valence-corrected chi connectivity index (χ1v) is 11.7. The number of benzene rings is 3. The summed E-state index contributed by atoms with van der Waals surface area (Å²) in [5.41, 5.74) is 6.10. The Morgan fingerprint density at radius 3 is 2.38 bits per heavy atom. The molecule has 4 aromatic rings. The number of aromatic nitrogens is 1. The van der Waals surface area contributed by atoms with E-state index in [-0.39, 0.29) is 5.41 Å². The van der Waals surface area contributed by atoms with Crippen LogP contribution in [-0.4, -0.2) is 39.9 Å². The molecular formula is C28H29BClNO3. The monoisotopic (exact) mass is 473 g/mol. The zero-order valence-corrected chi connectivity index (χ0v) is 20.9. The molecule has 0 aliphatic carbocycles. The van der Waals surface area contributed by atoms with Gasteiger partial charge < -0.3 is 14.1 Å². The number of hydrogen-bond acceptors (Lipinski definition) is 4. The zero-order chi connectivity index (χ0) is 24.1. The first-order chi connectivity index (χ1) is 16.4. The molecule has 3 aromatic carbocycles. The van der Waals surface area contributed by atoms with Gasteiger partial charge in [-0.2, -0.15) is 0 Å². The van der Waals surface area contributed by atoms with Gasteiger partial charge in [-0.15, -0.1) is 0 Å². The molecular weight excluding hydrogens is 445 g/mol. The van der Waals surface area contributed by atoms with Crippen LogP contribution in [0.5, 0.6) is 5.75 Å². The molecule has 6 heteroatoms. The van der Waals surface area contributed by atoms with Crippen LogP contribution in [0.1, 0.15) is 13.8 Å². The largest absolute Gasteiger partial charge is 0.497 e. The molecule has 174 valence electrons. The predicted molar refractivity (Wildman–Crippen MR) is 143 cm³/mol. The summed E-state index contributed by atoms with van der Waals surface area (Å²) in [5, 5.41) is 1.79. The molecule has 1 aromatic heterocycles. The lowest BCUT2D eigenvalue weighted by molar-refractivity contribution is 0.0664. The van der Waals surface area contributed by atoms with Crippen molar-refractivity contribution in [2.75, 3.05) is 27.4 Å². The maximum absolute atomic E-state index is 6.10. The van der Waals surface area contributed by atoms with Crippen molar-refractivity contribution in [3.8, 4) is 28.1 Å². The fourth-order valence-electron chi connectivity index (χ4n) is 4.04. The molecule has 0 saturated heterocycles. The third kappa shape index (κ3) is 5.79. The van der Waals surface area contributed by atoms with Gasteiger partial charge in [-0.3, -0.25) is 0 Å². The first-order valence-electron chi connectivity index (χ1n) is 11.3. The van der Waals surface area contributed by atoms with Crippen LogP contribution in [0.4, 0.5) is 0 Å². The molecule has 0 aliphatic heterocycles. The summed E-state index contributed by atoms with van der Waals surface area (Å²) in [7, 11) is 3.95. The lowest BCUT2D eigenvalue weighted by atomic mass is 9.86. The van der Waals surface area contributed by atoms with E-state index < -0.39 is 0 Å². The van der Waals surface area contributed by atoms with Gasteiger partial charge in [-0.25, -0.2) is 4.98 Å². The van der Waals surface area contributed by atoms with E-state index in [1.807, 2.05) is 36.4 Å². The Labute approximate surface area is 207 Å². The van der Waals surface area contributed by atoms with Gasteiger partial charge in [0.15, 0.2) is 0 Å². The van der Waals surface area contributed by atoms with Gasteiger partial charge in [0.05, 0.1) is 24.9 Å². The van der Waals surface area contributed by atoms with Crippen LogP contribution >= 0.6 is 11.6 Å². The van der Waals surface area contributed by atoms with E-state index in [1.54, 1.807) is 14.2 Å². The molecule has 0 unspecified atom stereocenters. The molecule has 0 N–H and O–H groups in total. The third-order valence-electron chi connectivity index (χ3n) is 5.71. The molecule has 0 radical (unpaired) electrons. The number of nitrogens with zero attached hydrogens (tertiary/aromatic N) is 1. The summed E-state index contributed by atoms with van der Waals surface area (Å²) in [6, 6.07) is 24.4. The summed E-state index contributed by atoms with van der Waals surface area (Å²) in [6.07, 6.45) is 0. The van der Waals surface area contributed by atoms with Gasteiger partial charge >= 0.3 is 7.48 Å². The van der Waals surface area contributed by atoms with Gasteiger partial charge in [0, 0.05) is 29.7 Å². The standard InChI is InChI=1S/C28H29BClNO3/c1-28(2,17-32-3)18-34-29-21-8-14-26-20(15-21)7-13-27(31-26)25-16-23(33-4)11-12-24(25)19-5-9-22(30)10-6-19/h5-16,29H,17-18H2,1-4H3. The number of rotatable bonds is 9. The number of methoxy groups -OCH3 is 2. The molecule has 0 atom stereocenters.